The number of benzene rings is 1. The number of nitrogen functional groups attached to an aromatic ring is 1. The Labute approximate surface area is 110 Å². The van der Waals surface area contributed by atoms with E-state index in [-0.39, 0.29) is 12.2 Å². The molecule has 0 saturated carbocycles. The van der Waals surface area contributed by atoms with Crippen LogP contribution < -0.4 is 5.73 Å². The van der Waals surface area contributed by atoms with Gasteiger partial charge in [0.25, 0.3) is 5.69 Å². The normalized spacial score (nSPS) is 13.5. The lowest BCUT2D eigenvalue weighted by Gasteiger charge is -2.18. The molecule has 0 spiro atoms. The summed E-state index contributed by atoms with van der Waals surface area (Å²) in [5.41, 5.74) is 5.03. The van der Waals surface area contributed by atoms with E-state index in [2.05, 4.69) is 0 Å². The highest BCUT2D eigenvalue weighted by Crippen LogP contribution is 2.28. The minimum absolute atomic E-state index is 0.106. The van der Waals surface area contributed by atoms with E-state index >= 15 is 0 Å². The average Bonchev–Trinajstić information content (AvgIpc) is 2.27. The molecule has 0 aliphatic heterocycles. The Morgan fingerprint density at radius 3 is 2.58 bits per heavy atom. The van der Waals surface area contributed by atoms with Gasteiger partial charge in [0.2, 0.25) is 10.0 Å². The number of likely N-dealkylation sites (N-methyl/N-ethyl adjacent to an activating group) is 1. The van der Waals surface area contributed by atoms with Crippen LogP contribution in [0.3, 0.4) is 0 Å². The highest BCUT2D eigenvalue weighted by atomic mass is 32.2. The summed E-state index contributed by atoms with van der Waals surface area (Å²) in [7, 11) is -2.85. The lowest BCUT2D eigenvalue weighted by atomic mass is 10.3. The Morgan fingerprint density at radius 1 is 1.53 bits per heavy atom. The molecule has 0 aliphatic rings. The molecule has 1 aromatic carbocycles. The fourth-order valence-electron chi connectivity index (χ4n) is 1.53. The first-order valence-corrected chi connectivity index (χ1v) is 6.78. The van der Waals surface area contributed by atoms with Gasteiger partial charge in [-0.15, -0.1) is 0 Å². The standard InChI is InChI=1S/C10H15N3O5S/c1-7(14)6-12(2)19(17,18)10-5-8(11)3-4-9(10)13(15)16/h3-5,7,14H,6,11H2,1-2H3. The van der Waals surface area contributed by atoms with Crippen molar-refractivity contribution in [2.24, 2.45) is 0 Å². The molecule has 19 heavy (non-hydrogen) atoms. The van der Waals surface area contributed by atoms with Crippen molar-refractivity contribution in [3.05, 3.63) is 28.3 Å². The quantitative estimate of drug-likeness (QED) is 0.452. The highest BCUT2D eigenvalue weighted by Gasteiger charge is 2.30. The summed E-state index contributed by atoms with van der Waals surface area (Å²) in [6.07, 6.45) is -0.889. The second-order valence-corrected chi connectivity index (χ2v) is 6.13. The van der Waals surface area contributed by atoms with Crippen molar-refractivity contribution in [3.63, 3.8) is 0 Å². The molecule has 0 heterocycles. The molecule has 1 rings (SSSR count). The Balaban J connectivity index is 3.35. The van der Waals surface area contributed by atoms with Crippen LogP contribution in [0.15, 0.2) is 23.1 Å². The molecule has 0 radical (unpaired) electrons. The third kappa shape index (κ3) is 3.40. The summed E-state index contributed by atoms with van der Waals surface area (Å²) in [5, 5.41) is 20.1. The van der Waals surface area contributed by atoms with Crippen LogP contribution in [0.4, 0.5) is 11.4 Å². The molecule has 1 unspecified atom stereocenters. The maximum atomic E-state index is 12.2. The number of nitrogens with zero attached hydrogens (tertiary/aromatic N) is 2. The van der Waals surface area contributed by atoms with E-state index < -0.39 is 31.6 Å². The Morgan fingerprint density at radius 2 is 2.11 bits per heavy atom. The molecule has 0 fully saturated rings. The SMILES string of the molecule is CC(O)CN(C)S(=O)(=O)c1cc(N)ccc1[N+](=O)[O-]. The monoisotopic (exact) mass is 289 g/mol. The highest BCUT2D eigenvalue weighted by molar-refractivity contribution is 7.89. The van der Waals surface area contributed by atoms with Crippen LogP contribution in [0.5, 0.6) is 0 Å². The maximum absolute atomic E-state index is 12.2. The van der Waals surface area contributed by atoms with E-state index in [0.29, 0.717) is 0 Å². The van der Waals surface area contributed by atoms with Crippen molar-refractivity contribution in [1.29, 1.82) is 0 Å². The van der Waals surface area contributed by atoms with Crippen LogP contribution in [0.1, 0.15) is 6.92 Å². The summed E-state index contributed by atoms with van der Waals surface area (Å²) in [6.45, 7) is 1.24. The van der Waals surface area contributed by atoms with Gasteiger partial charge >= 0.3 is 0 Å². The topological polar surface area (TPSA) is 127 Å². The molecule has 1 atom stereocenters. The van der Waals surface area contributed by atoms with Crippen molar-refractivity contribution in [2.45, 2.75) is 17.9 Å². The van der Waals surface area contributed by atoms with Gasteiger partial charge in [-0.05, 0) is 19.1 Å². The first kappa shape index (κ1) is 15.3. The Kier molecular flexibility index (Phi) is 4.45. The zero-order valence-corrected chi connectivity index (χ0v) is 11.3. The molecular weight excluding hydrogens is 274 g/mol. The van der Waals surface area contributed by atoms with Crippen LogP contribution in [-0.2, 0) is 10.0 Å². The number of hydrogen-bond acceptors (Lipinski definition) is 6. The molecular formula is C10H15N3O5S. The number of nitro groups is 1. The maximum Gasteiger partial charge on any atom is 0.289 e. The van der Waals surface area contributed by atoms with E-state index in [0.717, 1.165) is 16.4 Å². The molecule has 0 bridgehead atoms. The number of anilines is 1. The van der Waals surface area contributed by atoms with Crippen LogP contribution in [-0.4, -0.2) is 42.4 Å². The van der Waals surface area contributed by atoms with Gasteiger partial charge in [0, 0.05) is 25.3 Å². The van der Waals surface area contributed by atoms with Crippen molar-refractivity contribution >= 4 is 21.4 Å². The summed E-state index contributed by atoms with van der Waals surface area (Å²) < 4.78 is 25.2. The lowest BCUT2D eigenvalue weighted by molar-refractivity contribution is -0.387. The number of sulfonamides is 1. The average molecular weight is 289 g/mol. The van der Waals surface area contributed by atoms with Crippen LogP contribution in [0.25, 0.3) is 0 Å². The van der Waals surface area contributed by atoms with Gasteiger partial charge in [-0.2, -0.15) is 4.31 Å². The second-order valence-electron chi connectivity index (χ2n) is 4.12. The molecule has 1 aromatic rings. The van der Waals surface area contributed by atoms with Gasteiger partial charge in [-0.25, -0.2) is 8.42 Å². The number of aliphatic hydroxyl groups is 1. The summed E-state index contributed by atoms with van der Waals surface area (Å²) >= 11 is 0. The van der Waals surface area contributed by atoms with Gasteiger partial charge in [-0.3, -0.25) is 10.1 Å². The minimum Gasteiger partial charge on any atom is -0.399 e. The number of rotatable bonds is 5. The summed E-state index contributed by atoms with van der Waals surface area (Å²) in [6, 6.07) is 3.33. The fraction of sp³-hybridized carbons (Fsp3) is 0.400. The number of nitro benzene ring substituents is 1. The number of nitrogens with two attached hydrogens (primary N) is 1. The Hall–Kier alpha value is -1.71. The zero-order valence-electron chi connectivity index (χ0n) is 10.5. The van der Waals surface area contributed by atoms with Gasteiger partial charge in [0.05, 0.1) is 11.0 Å². The number of hydrogen-bond donors (Lipinski definition) is 2. The van der Waals surface area contributed by atoms with Gasteiger partial charge < -0.3 is 10.8 Å². The van der Waals surface area contributed by atoms with Gasteiger partial charge in [0.1, 0.15) is 0 Å². The summed E-state index contributed by atoms with van der Waals surface area (Å²) in [5.74, 6) is 0. The van der Waals surface area contributed by atoms with E-state index in [1.807, 2.05) is 0 Å². The lowest BCUT2D eigenvalue weighted by Crippen LogP contribution is -2.33. The largest absolute Gasteiger partial charge is 0.399 e. The Bertz CT molecular complexity index is 585. The first-order chi connectivity index (χ1) is 8.66. The van der Waals surface area contributed by atoms with Crippen molar-refractivity contribution in [1.82, 2.24) is 4.31 Å². The van der Waals surface area contributed by atoms with E-state index in [1.165, 1.54) is 20.0 Å². The molecule has 0 aliphatic carbocycles. The fourth-order valence-corrected chi connectivity index (χ4v) is 2.97. The van der Waals surface area contributed by atoms with Crippen LogP contribution in [0.2, 0.25) is 0 Å². The molecule has 0 amide bonds. The smallest absolute Gasteiger partial charge is 0.289 e. The molecule has 0 saturated heterocycles. The van der Waals surface area contributed by atoms with E-state index in [9.17, 15) is 23.6 Å². The molecule has 0 aromatic heterocycles. The van der Waals surface area contributed by atoms with Crippen molar-refractivity contribution in [3.8, 4) is 0 Å². The van der Waals surface area contributed by atoms with E-state index in [4.69, 9.17) is 5.73 Å². The number of aliphatic hydroxyl groups excluding tert-OH is 1. The summed E-state index contributed by atoms with van der Waals surface area (Å²) in [4.78, 5) is 9.58. The predicted octanol–water partition coefficient (Wildman–Crippen LogP) is 0.178. The van der Waals surface area contributed by atoms with Crippen molar-refractivity contribution in [2.75, 3.05) is 19.3 Å². The predicted molar refractivity (Wildman–Crippen MR) is 69.0 cm³/mol. The van der Waals surface area contributed by atoms with Crippen molar-refractivity contribution < 1.29 is 18.4 Å². The van der Waals surface area contributed by atoms with Crippen LogP contribution in [0, 0.1) is 10.1 Å². The van der Waals surface area contributed by atoms with Gasteiger partial charge in [-0.1, -0.05) is 0 Å². The third-order valence-corrected chi connectivity index (χ3v) is 4.24. The molecule has 3 N–H and O–H groups in total. The van der Waals surface area contributed by atoms with E-state index in [1.54, 1.807) is 0 Å². The first-order valence-electron chi connectivity index (χ1n) is 5.34. The minimum atomic E-state index is -4.08. The third-order valence-electron chi connectivity index (χ3n) is 2.39. The van der Waals surface area contributed by atoms with Crippen LogP contribution >= 0.6 is 0 Å². The second kappa shape index (κ2) is 5.51. The molecule has 8 nitrogen and oxygen atoms in total. The molecule has 106 valence electrons. The van der Waals surface area contributed by atoms with Gasteiger partial charge in [0.15, 0.2) is 4.90 Å². The molecule has 9 heteroatoms. The zero-order chi connectivity index (χ0) is 14.8.